The Labute approximate surface area is 154 Å². The first-order valence-corrected chi connectivity index (χ1v) is 9.28. The molecule has 0 aliphatic carbocycles. The van der Waals surface area contributed by atoms with Crippen LogP contribution in [-0.2, 0) is 13.1 Å². The van der Waals surface area contributed by atoms with Gasteiger partial charge in [0.2, 0.25) is 5.89 Å². The van der Waals surface area contributed by atoms with E-state index >= 15 is 0 Å². The van der Waals surface area contributed by atoms with Crippen LogP contribution >= 0.6 is 0 Å². The predicted molar refractivity (Wildman–Crippen MR) is 104 cm³/mol. The molecule has 0 spiro atoms. The maximum atomic E-state index is 5.69. The quantitative estimate of drug-likeness (QED) is 0.731. The minimum Gasteiger partial charge on any atom is -0.444 e. The first-order chi connectivity index (χ1) is 12.8. The molecule has 3 aromatic rings. The van der Waals surface area contributed by atoms with Crippen molar-refractivity contribution in [3.63, 3.8) is 0 Å². The molecule has 0 radical (unpaired) electrons. The van der Waals surface area contributed by atoms with Gasteiger partial charge in [-0.05, 0) is 30.5 Å². The number of hydrogen-bond donors (Lipinski definition) is 1. The molecule has 0 amide bonds. The minimum absolute atomic E-state index is 0.511. The summed E-state index contributed by atoms with van der Waals surface area (Å²) in [6.45, 7) is 6.08. The van der Waals surface area contributed by atoms with Crippen LogP contribution < -0.4 is 5.32 Å². The molecule has 1 aromatic heterocycles. The summed E-state index contributed by atoms with van der Waals surface area (Å²) in [5.74, 6) is 0.706. The number of hydrogen-bond acceptors (Lipinski definition) is 4. The molecule has 4 nitrogen and oxygen atoms in total. The lowest BCUT2D eigenvalue weighted by Crippen LogP contribution is -2.32. The second kappa shape index (κ2) is 7.85. The summed E-state index contributed by atoms with van der Waals surface area (Å²) in [5, 5.41) is 3.63. The largest absolute Gasteiger partial charge is 0.444 e. The van der Waals surface area contributed by atoms with Crippen molar-refractivity contribution in [1.29, 1.82) is 0 Å². The van der Waals surface area contributed by atoms with Crippen LogP contribution in [-0.4, -0.2) is 29.0 Å². The maximum Gasteiger partial charge on any atom is 0.226 e. The Hall–Kier alpha value is -2.43. The number of likely N-dealkylation sites (tertiary alicyclic amines) is 1. The topological polar surface area (TPSA) is 41.3 Å². The van der Waals surface area contributed by atoms with E-state index in [1.807, 2.05) is 12.1 Å². The van der Waals surface area contributed by atoms with Crippen LogP contribution in [0.15, 0.2) is 65.3 Å². The predicted octanol–water partition coefficient (Wildman–Crippen LogP) is 4.01. The van der Waals surface area contributed by atoms with Crippen LogP contribution in [0, 0.1) is 6.92 Å². The molecule has 4 rings (SSSR count). The van der Waals surface area contributed by atoms with Gasteiger partial charge in [-0.25, -0.2) is 4.98 Å². The molecule has 1 aliphatic rings. The molecule has 26 heavy (non-hydrogen) atoms. The first kappa shape index (κ1) is 17.0. The Morgan fingerprint density at radius 1 is 1.12 bits per heavy atom. The smallest absolute Gasteiger partial charge is 0.226 e. The molecular weight excluding hydrogens is 322 g/mol. The summed E-state index contributed by atoms with van der Waals surface area (Å²) in [6, 6.07) is 19.4. The SMILES string of the molecule is Cc1ccccc1-c1nc(CNC2CCN(Cc3ccccc3)C2)co1. The van der Waals surface area contributed by atoms with Crippen LogP contribution in [0.1, 0.15) is 23.2 Å². The van der Waals surface area contributed by atoms with Gasteiger partial charge < -0.3 is 9.73 Å². The zero-order valence-electron chi connectivity index (χ0n) is 15.2. The molecule has 1 fully saturated rings. The van der Waals surface area contributed by atoms with Gasteiger partial charge in [0.1, 0.15) is 6.26 Å². The second-order valence-electron chi connectivity index (χ2n) is 7.05. The van der Waals surface area contributed by atoms with Crippen molar-refractivity contribution in [2.24, 2.45) is 0 Å². The van der Waals surface area contributed by atoms with Gasteiger partial charge in [-0.2, -0.15) is 0 Å². The van der Waals surface area contributed by atoms with E-state index in [1.165, 1.54) is 17.5 Å². The van der Waals surface area contributed by atoms with E-state index in [0.717, 1.165) is 37.4 Å². The van der Waals surface area contributed by atoms with E-state index < -0.39 is 0 Å². The highest BCUT2D eigenvalue weighted by Crippen LogP contribution is 2.22. The van der Waals surface area contributed by atoms with Gasteiger partial charge in [0, 0.05) is 37.8 Å². The van der Waals surface area contributed by atoms with Crippen molar-refractivity contribution in [1.82, 2.24) is 15.2 Å². The Kier molecular flexibility index (Phi) is 5.14. The normalized spacial score (nSPS) is 17.7. The second-order valence-corrected chi connectivity index (χ2v) is 7.05. The fraction of sp³-hybridized carbons (Fsp3) is 0.318. The van der Waals surface area contributed by atoms with Crippen molar-refractivity contribution in [3.05, 3.63) is 77.7 Å². The molecule has 4 heteroatoms. The van der Waals surface area contributed by atoms with Crippen molar-refractivity contribution >= 4 is 0 Å². The average molecular weight is 347 g/mol. The lowest BCUT2D eigenvalue weighted by molar-refractivity contribution is 0.319. The average Bonchev–Trinajstić information content (AvgIpc) is 3.31. The summed E-state index contributed by atoms with van der Waals surface area (Å²) >= 11 is 0. The zero-order valence-corrected chi connectivity index (χ0v) is 15.2. The molecule has 2 heterocycles. The maximum absolute atomic E-state index is 5.69. The molecule has 1 aliphatic heterocycles. The number of nitrogens with one attached hydrogen (secondary N) is 1. The highest BCUT2D eigenvalue weighted by Gasteiger charge is 2.22. The number of benzene rings is 2. The zero-order chi connectivity index (χ0) is 17.8. The lowest BCUT2D eigenvalue weighted by atomic mass is 10.1. The summed E-state index contributed by atoms with van der Waals surface area (Å²) < 4.78 is 5.69. The number of aromatic nitrogens is 1. The fourth-order valence-corrected chi connectivity index (χ4v) is 3.56. The third-order valence-corrected chi connectivity index (χ3v) is 5.02. The standard InChI is InChI=1S/C22H25N3O/c1-17-7-5-6-10-21(17)22-24-20(16-26-22)13-23-19-11-12-25(15-19)14-18-8-3-2-4-9-18/h2-10,16,19,23H,11-15H2,1H3. The van der Waals surface area contributed by atoms with Crippen LogP contribution in [0.25, 0.3) is 11.5 Å². The van der Waals surface area contributed by atoms with Crippen molar-refractivity contribution in [2.75, 3.05) is 13.1 Å². The number of nitrogens with zero attached hydrogens (tertiary/aromatic N) is 2. The van der Waals surface area contributed by atoms with Gasteiger partial charge >= 0.3 is 0 Å². The van der Waals surface area contributed by atoms with E-state index in [-0.39, 0.29) is 0 Å². The van der Waals surface area contributed by atoms with E-state index in [0.29, 0.717) is 11.9 Å². The number of rotatable bonds is 6. The highest BCUT2D eigenvalue weighted by molar-refractivity contribution is 5.58. The number of oxazole rings is 1. The summed E-state index contributed by atoms with van der Waals surface area (Å²) in [6.07, 6.45) is 2.95. The lowest BCUT2D eigenvalue weighted by Gasteiger charge is -2.16. The van der Waals surface area contributed by atoms with Crippen molar-refractivity contribution in [3.8, 4) is 11.5 Å². The van der Waals surface area contributed by atoms with E-state index in [1.54, 1.807) is 6.26 Å². The monoisotopic (exact) mass is 347 g/mol. The van der Waals surface area contributed by atoms with Gasteiger partial charge in [0.05, 0.1) is 5.69 Å². The summed E-state index contributed by atoms with van der Waals surface area (Å²) in [7, 11) is 0. The van der Waals surface area contributed by atoms with Crippen LogP contribution in [0.4, 0.5) is 0 Å². The van der Waals surface area contributed by atoms with Crippen LogP contribution in [0.3, 0.4) is 0 Å². The fourth-order valence-electron chi connectivity index (χ4n) is 3.56. The van der Waals surface area contributed by atoms with Gasteiger partial charge in [-0.1, -0.05) is 48.5 Å². The van der Waals surface area contributed by atoms with E-state index in [9.17, 15) is 0 Å². The summed E-state index contributed by atoms with van der Waals surface area (Å²) in [4.78, 5) is 7.15. The molecule has 1 atom stereocenters. The first-order valence-electron chi connectivity index (χ1n) is 9.28. The molecule has 2 aromatic carbocycles. The molecule has 0 bridgehead atoms. The molecule has 0 saturated carbocycles. The van der Waals surface area contributed by atoms with E-state index in [2.05, 4.69) is 64.6 Å². The Morgan fingerprint density at radius 2 is 1.92 bits per heavy atom. The molecule has 1 N–H and O–H groups in total. The van der Waals surface area contributed by atoms with Crippen LogP contribution in [0.5, 0.6) is 0 Å². The molecule has 1 saturated heterocycles. The molecule has 134 valence electrons. The molecular formula is C22H25N3O. The van der Waals surface area contributed by atoms with Crippen LogP contribution in [0.2, 0.25) is 0 Å². The Bertz CT molecular complexity index is 843. The number of aryl methyl sites for hydroxylation is 1. The third-order valence-electron chi connectivity index (χ3n) is 5.02. The van der Waals surface area contributed by atoms with E-state index in [4.69, 9.17) is 4.42 Å². The van der Waals surface area contributed by atoms with Crippen molar-refractivity contribution < 1.29 is 4.42 Å². The Morgan fingerprint density at radius 3 is 2.77 bits per heavy atom. The van der Waals surface area contributed by atoms with Crippen molar-refractivity contribution in [2.45, 2.75) is 32.5 Å². The molecule has 1 unspecified atom stereocenters. The van der Waals surface area contributed by atoms with Gasteiger partial charge in [-0.15, -0.1) is 0 Å². The van der Waals surface area contributed by atoms with Gasteiger partial charge in [0.25, 0.3) is 0 Å². The third kappa shape index (κ3) is 4.03. The van der Waals surface area contributed by atoms with Gasteiger partial charge in [-0.3, -0.25) is 4.90 Å². The Balaban J connectivity index is 1.29. The highest BCUT2D eigenvalue weighted by atomic mass is 16.3. The van der Waals surface area contributed by atoms with Gasteiger partial charge in [0.15, 0.2) is 0 Å². The minimum atomic E-state index is 0.511. The summed E-state index contributed by atoms with van der Waals surface area (Å²) in [5.41, 5.74) is 4.59.